The van der Waals surface area contributed by atoms with Gasteiger partial charge in [0, 0.05) is 37.4 Å². The molecule has 1 N–H and O–H groups in total. The van der Waals surface area contributed by atoms with Crippen LogP contribution in [0.1, 0.15) is 11.1 Å². The Labute approximate surface area is 228 Å². The molecular weight excluding hydrogens is 500 g/mol. The zero-order valence-electron chi connectivity index (χ0n) is 22.9. The Hall–Kier alpha value is -4.53. The van der Waals surface area contributed by atoms with E-state index in [0.717, 1.165) is 11.4 Å². The summed E-state index contributed by atoms with van der Waals surface area (Å²) in [4.78, 5) is 18.1. The number of phenols is 1. The number of hydrogen-bond acceptors (Lipinski definition) is 8. The van der Waals surface area contributed by atoms with Gasteiger partial charge >= 0.3 is 0 Å². The van der Waals surface area contributed by atoms with Crippen LogP contribution in [0.5, 0.6) is 34.5 Å². The molecule has 39 heavy (non-hydrogen) atoms. The second kappa shape index (κ2) is 12.3. The van der Waals surface area contributed by atoms with Gasteiger partial charge < -0.3 is 38.6 Å². The van der Waals surface area contributed by atoms with Crippen LogP contribution in [0.3, 0.4) is 0 Å². The van der Waals surface area contributed by atoms with Gasteiger partial charge in [-0.1, -0.05) is 6.07 Å². The maximum absolute atomic E-state index is 14.0. The average Bonchev–Trinajstić information content (AvgIpc) is 2.99. The highest BCUT2D eigenvalue weighted by atomic mass is 16.5. The maximum atomic E-state index is 14.0. The third-order valence-electron chi connectivity index (χ3n) is 6.72. The number of nitrogens with zero attached hydrogens (tertiary/aromatic N) is 2. The van der Waals surface area contributed by atoms with E-state index >= 15 is 0 Å². The first kappa shape index (κ1) is 27.5. The van der Waals surface area contributed by atoms with Crippen molar-refractivity contribution in [3.63, 3.8) is 0 Å². The van der Waals surface area contributed by atoms with Crippen molar-refractivity contribution in [3.8, 4) is 34.5 Å². The lowest BCUT2D eigenvalue weighted by atomic mass is 9.99. The van der Waals surface area contributed by atoms with E-state index in [2.05, 4.69) is 4.90 Å². The van der Waals surface area contributed by atoms with Crippen molar-refractivity contribution in [3.05, 3.63) is 65.7 Å². The number of ether oxygens (including phenoxy) is 5. The Morgan fingerprint density at radius 1 is 0.744 bits per heavy atom. The predicted octanol–water partition coefficient (Wildman–Crippen LogP) is 4.32. The number of phenolic OH excluding ortho intramolecular Hbond substituents is 1. The molecule has 1 aliphatic heterocycles. The summed E-state index contributed by atoms with van der Waals surface area (Å²) in [6.07, 6.45) is 1.75. The molecule has 0 aliphatic carbocycles. The number of aromatic hydroxyl groups is 1. The van der Waals surface area contributed by atoms with Crippen LogP contribution in [-0.2, 0) is 4.79 Å². The number of anilines is 1. The minimum Gasteiger partial charge on any atom is -0.504 e. The van der Waals surface area contributed by atoms with E-state index in [-0.39, 0.29) is 11.7 Å². The third-order valence-corrected chi connectivity index (χ3v) is 6.72. The molecule has 4 rings (SSSR count). The highest BCUT2D eigenvalue weighted by molar-refractivity contribution is 6.24. The average molecular weight is 535 g/mol. The van der Waals surface area contributed by atoms with E-state index < -0.39 is 0 Å². The molecule has 206 valence electrons. The van der Waals surface area contributed by atoms with Crippen LogP contribution < -0.4 is 28.6 Å². The van der Waals surface area contributed by atoms with Crippen LogP contribution in [0, 0.1) is 0 Å². The van der Waals surface area contributed by atoms with Crippen molar-refractivity contribution in [1.29, 1.82) is 0 Å². The first-order valence-corrected chi connectivity index (χ1v) is 12.5. The van der Waals surface area contributed by atoms with Gasteiger partial charge in [-0.05, 0) is 65.7 Å². The monoisotopic (exact) mass is 534 g/mol. The molecular formula is C30H34N2O7. The molecule has 0 bridgehead atoms. The van der Waals surface area contributed by atoms with Crippen LogP contribution in [-0.4, -0.2) is 77.6 Å². The van der Waals surface area contributed by atoms with E-state index in [4.69, 9.17) is 23.7 Å². The van der Waals surface area contributed by atoms with Gasteiger partial charge in [0.25, 0.3) is 5.91 Å². The van der Waals surface area contributed by atoms with Crippen LogP contribution >= 0.6 is 0 Å². The highest BCUT2D eigenvalue weighted by Crippen LogP contribution is 2.41. The quantitative estimate of drug-likeness (QED) is 0.321. The van der Waals surface area contributed by atoms with Crippen LogP contribution in [0.4, 0.5) is 5.69 Å². The fraction of sp³-hybridized carbons (Fsp3) is 0.300. The largest absolute Gasteiger partial charge is 0.504 e. The molecule has 9 nitrogen and oxygen atoms in total. The minimum absolute atomic E-state index is 0.0175. The van der Waals surface area contributed by atoms with Gasteiger partial charge in [-0.25, -0.2) is 0 Å². The zero-order chi connectivity index (χ0) is 27.9. The van der Waals surface area contributed by atoms with Crippen molar-refractivity contribution in [2.45, 2.75) is 0 Å². The summed E-state index contributed by atoms with van der Waals surface area (Å²) in [6, 6.07) is 16.4. The Morgan fingerprint density at radius 3 is 1.87 bits per heavy atom. The molecule has 0 spiro atoms. The molecule has 0 aromatic heterocycles. The summed E-state index contributed by atoms with van der Waals surface area (Å²) < 4.78 is 27.0. The number of rotatable bonds is 9. The molecule has 1 saturated heterocycles. The number of carbonyl (C=O) groups excluding carboxylic acids is 1. The normalized spacial score (nSPS) is 13.6. The van der Waals surface area contributed by atoms with E-state index in [1.807, 2.05) is 29.2 Å². The van der Waals surface area contributed by atoms with E-state index in [1.165, 1.54) is 28.4 Å². The van der Waals surface area contributed by atoms with Gasteiger partial charge in [-0.3, -0.25) is 4.79 Å². The topological polar surface area (TPSA) is 89.9 Å². The van der Waals surface area contributed by atoms with Crippen LogP contribution in [0.25, 0.3) is 11.6 Å². The summed E-state index contributed by atoms with van der Waals surface area (Å²) in [6.45, 7) is 2.45. The van der Waals surface area contributed by atoms with Gasteiger partial charge in [0.05, 0.1) is 35.5 Å². The molecule has 0 radical (unpaired) electrons. The van der Waals surface area contributed by atoms with E-state index in [0.29, 0.717) is 65.9 Å². The summed E-state index contributed by atoms with van der Waals surface area (Å²) in [5.74, 6) is 2.30. The first-order chi connectivity index (χ1) is 18.9. The second-order valence-corrected chi connectivity index (χ2v) is 8.88. The Morgan fingerprint density at radius 2 is 1.36 bits per heavy atom. The molecule has 1 aliphatic rings. The smallest absolute Gasteiger partial charge is 0.254 e. The second-order valence-electron chi connectivity index (χ2n) is 8.88. The summed E-state index contributed by atoms with van der Waals surface area (Å²) in [5.41, 5.74) is 2.75. The van der Waals surface area contributed by atoms with Gasteiger partial charge in [-0.15, -0.1) is 0 Å². The van der Waals surface area contributed by atoms with Crippen molar-refractivity contribution in [2.75, 3.05) is 66.6 Å². The summed E-state index contributed by atoms with van der Waals surface area (Å²) in [7, 11) is 7.73. The van der Waals surface area contributed by atoms with Crippen molar-refractivity contribution in [1.82, 2.24) is 4.90 Å². The minimum atomic E-state index is -0.144. The van der Waals surface area contributed by atoms with Crippen molar-refractivity contribution < 1.29 is 33.6 Å². The van der Waals surface area contributed by atoms with E-state index in [1.54, 1.807) is 43.5 Å². The Bertz CT molecular complexity index is 1300. The number of amides is 1. The maximum Gasteiger partial charge on any atom is 0.254 e. The number of hydrogen-bond donors (Lipinski definition) is 1. The summed E-state index contributed by atoms with van der Waals surface area (Å²) in [5, 5.41) is 10.3. The fourth-order valence-electron chi connectivity index (χ4n) is 4.60. The molecule has 1 fully saturated rings. The number of piperazine rings is 1. The number of carbonyl (C=O) groups is 1. The summed E-state index contributed by atoms with van der Waals surface area (Å²) >= 11 is 0. The lowest BCUT2D eigenvalue weighted by Gasteiger charge is -2.36. The SMILES string of the molecule is COc1ccc(N2CCN(C(=O)/C(=C/c3ccc(OC)c(O)c3)c3cc(OC)c(OC)c(OC)c3)CC2)cc1. The van der Waals surface area contributed by atoms with E-state index in [9.17, 15) is 9.90 Å². The lowest BCUT2D eigenvalue weighted by Crippen LogP contribution is -2.49. The number of benzene rings is 3. The fourth-order valence-corrected chi connectivity index (χ4v) is 4.60. The number of methoxy groups -OCH3 is 5. The molecule has 0 atom stereocenters. The Kier molecular flexibility index (Phi) is 8.70. The molecule has 0 saturated carbocycles. The molecule has 9 heteroatoms. The van der Waals surface area contributed by atoms with Gasteiger partial charge in [-0.2, -0.15) is 0 Å². The zero-order valence-corrected chi connectivity index (χ0v) is 22.9. The van der Waals surface area contributed by atoms with Crippen LogP contribution in [0.2, 0.25) is 0 Å². The Balaban J connectivity index is 1.67. The van der Waals surface area contributed by atoms with Crippen molar-refractivity contribution in [2.24, 2.45) is 0 Å². The molecule has 3 aromatic rings. The standard InChI is InChI=1S/C30H34N2O7/c1-35-23-9-7-22(8-10-23)31-12-14-32(15-13-31)30(34)24(16-20-6-11-26(36-2)25(33)17-20)21-18-27(37-3)29(39-5)28(19-21)38-4/h6-11,16-19,33H,12-15H2,1-5H3/b24-16+. The van der Waals surface area contributed by atoms with Gasteiger partial charge in [0.2, 0.25) is 5.75 Å². The molecule has 3 aromatic carbocycles. The van der Waals surface area contributed by atoms with Crippen molar-refractivity contribution >= 4 is 23.2 Å². The van der Waals surface area contributed by atoms with Gasteiger partial charge in [0.15, 0.2) is 23.0 Å². The van der Waals surface area contributed by atoms with Gasteiger partial charge in [0.1, 0.15) is 5.75 Å². The van der Waals surface area contributed by atoms with Crippen LogP contribution in [0.15, 0.2) is 54.6 Å². The molecule has 1 amide bonds. The molecule has 0 unspecified atom stereocenters. The first-order valence-electron chi connectivity index (χ1n) is 12.5. The lowest BCUT2D eigenvalue weighted by molar-refractivity contribution is -0.125. The molecule has 1 heterocycles. The third kappa shape index (κ3) is 5.98. The predicted molar refractivity (Wildman–Crippen MR) is 150 cm³/mol. The highest BCUT2D eigenvalue weighted by Gasteiger charge is 2.26.